The van der Waals surface area contributed by atoms with Crippen molar-refractivity contribution in [1.29, 1.82) is 0 Å². The van der Waals surface area contributed by atoms with E-state index in [1.807, 2.05) is 30.6 Å². The lowest BCUT2D eigenvalue weighted by Gasteiger charge is -2.21. The monoisotopic (exact) mass is 270 g/mol. The number of nitrogens with one attached hydrogen (secondary N) is 1. The van der Waals surface area contributed by atoms with E-state index in [2.05, 4.69) is 29.1 Å². The van der Waals surface area contributed by atoms with Gasteiger partial charge in [-0.3, -0.25) is 4.98 Å². The molecule has 0 saturated heterocycles. The first kappa shape index (κ1) is 14.5. The van der Waals surface area contributed by atoms with Crippen molar-refractivity contribution < 1.29 is 0 Å². The molecule has 0 fully saturated rings. The van der Waals surface area contributed by atoms with Crippen LogP contribution in [0.5, 0.6) is 0 Å². The first-order chi connectivity index (χ1) is 9.72. The molecule has 0 saturated carbocycles. The van der Waals surface area contributed by atoms with Crippen LogP contribution >= 0.6 is 0 Å². The highest BCUT2D eigenvalue weighted by atomic mass is 14.9. The second-order valence-corrected chi connectivity index (χ2v) is 4.99. The van der Waals surface area contributed by atoms with Crippen molar-refractivity contribution in [3.63, 3.8) is 0 Å². The molecule has 2 aromatic rings. The van der Waals surface area contributed by atoms with Crippen LogP contribution in [0.15, 0.2) is 36.8 Å². The average molecular weight is 270 g/mol. The topological polar surface area (TPSA) is 63.8 Å². The molecule has 20 heavy (non-hydrogen) atoms. The predicted molar refractivity (Wildman–Crippen MR) is 82.4 cm³/mol. The fourth-order valence-corrected chi connectivity index (χ4v) is 2.29. The van der Waals surface area contributed by atoms with Gasteiger partial charge >= 0.3 is 0 Å². The van der Waals surface area contributed by atoms with Crippen molar-refractivity contribution in [3.8, 4) is 0 Å². The number of aromatic nitrogens is 2. The minimum absolute atomic E-state index is 0.218. The number of aryl methyl sites for hydroxylation is 1. The zero-order chi connectivity index (χ0) is 14.4. The molecule has 106 valence electrons. The maximum atomic E-state index is 5.96. The summed E-state index contributed by atoms with van der Waals surface area (Å²) >= 11 is 0. The van der Waals surface area contributed by atoms with Gasteiger partial charge in [0.1, 0.15) is 5.82 Å². The molecule has 1 unspecified atom stereocenters. The van der Waals surface area contributed by atoms with Crippen LogP contribution in [0.25, 0.3) is 0 Å². The van der Waals surface area contributed by atoms with Gasteiger partial charge in [-0.05, 0) is 55.1 Å². The SMILES string of the molecule is CCCNC(Cc1cccnc1N)c1cnccc1C. The number of rotatable bonds is 6. The minimum Gasteiger partial charge on any atom is -0.383 e. The third-order valence-corrected chi connectivity index (χ3v) is 3.45. The zero-order valence-corrected chi connectivity index (χ0v) is 12.1. The van der Waals surface area contributed by atoms with Gasteiger partial charge < -0.3 is 11.1 Å². The van der Waals surface area contributed by atoms with E-state index in [1.165, 1.54) is 11.1 Å². The average Bonchev–Trinajstić information content (AvgIpc) is 2.46. The summed E-state index contributed by atoms with van der Waals surface area (Å²) in [5.41, 5.74) is 9.51. The lowest BCUT2D eigenvalue weighted by atomic mass is 9.97. The van der Waals surface area contributed by atoms with Crippen molar-refractivity contribution >= 4 is 5.82 Å². The van der Waals surface area contributed by atoms with Crippen LogP contribution in [-0.2, 0) is 6.42 Å². The predicted octanol–water partition coefficient (Wildman–Crippen LogP) is 2.65. The molecule has 0 bridgehead atoms. The Labute approximate surface area is 120 Å². The number of nitrogens with two attached hydrogens (primary N) is 1. The maximum Gasteiger partial charge on any atom is 0.126 e. The van der Waals surface area contributed by atoms with Gasteiger partial charge in [0.15, 0.2) is 0 Å². The molecule has 0 aliphatic rings. The molecule has 0 amide bonds. The molecule has 3 N–H and O–H groups in total. The van der Waals surface area contributed by atoms with Crippen molar-refractivity contribution in [2.45, 2.75) is 32.7 Å². The number of pyridine rings is 2. The van der Waals surface area contributed by atoms with Crippen LogP contribution in [0.1, 0.15) is 36.1 Å². The van der Waals surface area contributed by atoms with Crippen LogP contribution < -0.4 is 11.1 Å². The third-order valence-electron chi connectivity index (χ3n) is 3.45. The summed E-state index contributed by atoms with van der Waals surface area (Å²) in [6, 6.07) is 6.23. The van der Waals surface area contributed by atoms with Crippen molar-refractivity contribution in [1.82, 2.24) is 15.3 Å². The number of nitrogen functional groups attached to an aromatic ring is 1. The lowest BCUT2D eigenvalue weighted by Crippen LogP contribution is -2.25. The van der Waals surface area contributed by atoms with Crippen LogP contribution in [0.4, 0.5) is 5.82 Å². The molecule has 4 nitrogen and oxygen atoms in total. The van der Waals surface area contributed by atoms with Crippen LogP contribution in [0.2, 0.25) is 0 Å². The van der Waals surface area contributed by atoms with Crippen LogP contribution in [0, 0.1) is 6.92 Å². The Hall–Kier alpha value is -1.94. The second-order valence-electron chi connectivity index (χ2n) is 4.99. The van der Waals surface area contributed by atoms with E-state index in [0.29, 0.717) is 5.82 Å². The maximum absolute atomic E-state index is 5.96. The fraction of sp³-hybridized carbons (Fsp3) is 0.375. The Balaban J connectivity index is 2.24. The summed E-state index contributed by atoms with van der Waals surface area (Å²) in [6.45, 7) is 5.25. The van der Waals surface area contributed by atoms with Gasteiger partial charge in [-0.25, -0.2) is 4.98 Å². The molecule has 0 aliphatic heterocycles. The summed E-state index contributed by atoms with van der Waals surface area (Å²) in [6.07, 6.45) is 7.41. The quantitative estimate of drug-likeness (QED) is 0.847. The Morgan fingerprint density at radius 2 is 2.15 bits per heavy atom. The molecular formula is C16H22N4. The van der Waals surface area contributed by atoms with Gasteiger partial charge in [0.2, 0.25) is 0 Å². The Morgan fingerprint density at radius 1 is 1.30 bits per heavy atom. The van der Waals surface area contributed by atoms with E-state index in [4.69, 9.17) is 5.73 Å². The molecule has 0 spiro atoms. The minimum atomic E-state index is 0.218. The van der Waals surface area contributed by atoms with E-state index < -0.39 is 0 Å². The largest absolute Gasteiger partial charge is 0.383 e. The molecule has 2 aromatic heterocycles. The molecule has 1 atom stereocenters. The van der Waals surface area contributed by atoms with Gasteiger partial charge in [-0.2, -0.15) is 0 Å². The highest BCUT2D eigenvalue weighted by Gasteiger charge is 2.15. The summed E-state index contributed by atoms with van der Waals surface area (Å²) in [5, 5.41) is 3.58. The van der Waals surface area contributed by atoms with E-state index >= 15 is 0 Å². The Bertz CT molecular complexity index is 554. The van der Waals surface area contributed by atoms with Gasteiger partial charge in [-0.15, -0.1) is 0 Å². The third kappa shape index (κ3) is 3.54. The highest BCUT2D eigenvalue weighted by molar-refractivity contribution is 5.40. The van der Waals surface area contributed by atoms with Crippen molar-refractivity contribution in [2.24, 2.45) is 0 Å². The Kier molecular flexibility index (Phi) is 5.07. The number of anilines is 1. The number of nitrogens with zero attached hydrogens (tertiary/aromatic N) is 2. The Morgan fingerprint density at radius 3 is 2.85 bits per heavy atom. The van der Waals surface area contributed by atoms with E-state index in [-0.39, 0.29) is 6.04 Å². The van der Waals surface area contributed by atoms with Crippen LogP contribution in [-0.4, -0.2) is 16.5 Å². The second kappa shape index (κ2) is 7.01. The van der Waals surface area contributed by atoms with E-state index in [1.54, 1.807) is 6.20 Å². The van der Waals surface area contributed by atoms with Crippen LogP contribution in [0.3, 0.4) is 0 Å². The first-order valence-corrected chi connectivity index (χ1v) is 7.05. The zero-order valence-electron chi connectivity index (χ0n) is 12.1. The number of hydrogen-bond donors (Lipinski definition) is 2. The number of hydrogen-bond acceptors (Lipinski definition) is 4. The van der Waals surface area contributed by atoms with E-state index in [0.717, 1.165) is 24.9 Å². The molecule has 0 radical (unpaired) electrons. The molecule has 2 rings (SSSR count). The summed E-state index contributed by atoms with van der Waals surface area (Å²) in [7, 11) is 0. The molecule has 0 aromatic carbocycles. The molecule has 0 aliphatic carbocycles. The summed E-state index contributed by atoms with van der Waals surface area (Å²) in [4.78, 5) is 8.41. The molecular weight excluding hydrogens is 248 g/mol. The lowest BCUT2D eigenvalue weighted by molar-refractivity contribution is 0.526. The fourth-order valence-electron chi connectivity index (χ4n) is 2.29. The smallest absolute Gasteiger partial charge is 0.126 e. The standard InChI is InChI=1S/C16H22N4/c1-3-7-19-15(14-11-18-9-6-12(14)2)10-13-5-4-8-20-16(13)17/h4-6,8-9,11,15,19H,3,7,10H2,1-2H3,(H2,17,20). The van der Waals surface area contributed by atoms with Gasteiger partial charge in [0.25, 0.3) is 0 Å². The summed E-state index contributed by atoms with van der Waals surface area (Å²) in [5.74, 6) is 0.609. The summed E-state index contributed by atoms with van der Waals surface area (Å²) < 4.78 is 0. The highest BCUT2D eigenvalue weighted by Crippen LogP contribution is 2.22. The van der Waals surface area contributed by atoms with Gasteiger partial charge in [0, 0.05) is 24.6 Å². The van der Waals surface area contributed by atoms with Gasteiger partial charge in [-0.1, -0.05) is 13.0 Å². The van der Waals surface area contributed by atoms with Gasteiger partial charge in [0.05, 0.1) is 0 Å². The van der Waals surface area contributed by atoms with Crippen molar-refractivity contribution in [3.05, 3.63) is 53.5 Å². The van der Waals surface area contributed by atoms with E-state index in [9.17, 15) is 0 Å². The molecule has 2 heterocycles. The van der Waals surface area contributed by atoms with Crippen molar-refractivity contribution in [2.75, 3.05) is 12.3 Å². The first-order valence-electron chi connectivity index (χ1n) is 7.05. The normalized spacial score (nSPS) is 12.3. The molecule has 4 heteroatoms.